The number of rotatable bonds is 7. The van der Waals surface area contributed by atoms with Crippen LogP contribution in [0.3, 0.4) is 0 Å². The third-order valence-corrected chi connectivity index (χ3v) is 5.78. The van der Waals surface area contributed by atoms with Gasteiger partial charge < -0.3 is 29.2 Å². The molecule has 30 heavy (non-hydrogen) atoms. The fourth-order valence-electron chi connectivity index (χ4n) is 4.26. The number of hydrogen-bond donors (Lipinski definition) is 2. The Hall–Kier alpha value is -2.93. The van der Waals surface area contributed by atoms with Crippen LogP contribution < -0.4 is 29.2 Å². The zero-order valence-electron chi connectivity index (χ0n) is 17.5. The molecule has 0 aliphatic carbocycles. The molecule has 7 heteroatoms. The molecule has 7 nitrogen and oxygen atoms in total. The van der Waals surface area contributed by atoms with E-state index in [-0.39, 0.29) is 5.91 Å². The van der Waals surface area contributed by atoms with Gasteiger partial charge in [0.25, 0.3) is 5.91 Å². The molecular weight excluding hydrogens is 384 g/mol. The Morgan fingerprint density at radius 1 is 1.07 bits per heavy atom. The molecule has 0 saturated carbocycles. The van der Waals surface area contributed by atoms with Gasteiger partial charge in [0.2, 0.25) is 0 Å². The van der Waals surface area contributed by atoms with E-state index < -0.39 is 0 Å². The Labute approximate surface area is 176 Å². The molecule has 2 aliphatic rings. The van der Waals surface area contributed by atoms with Gasteiger partial charge in [0.05, 0.1) is 20.8 Å². The molecule has 160 valence electrons. The second-order valence-electron chi connectivity index (χ2n) is 7.65. The summed E-state index contributed by atoms with van der Waals surface area (Å²) in [5.74, 6) is 2.99. The molecule has 0 spiro atoms. The van der Waals surface area contributed by atoms with Crippen molar-refractivity contribution in [3.8, 4) is 23.0 Å². The first kappa shape index (κ1) is 20.3. The van der Waals surface area contributed by atoms with Crippen LogP contribution in [0.1, 0.15) is 30.0 Å². The number of hydrogen-bond acceptors (Lipinski definition) is 5. The van der Waals surface area contributed by atoms with Crippen LogP contribution >= 0.6 is 0 Å². The lowest BCUT2D eigenvalue weighted by Crippen LogP contribution is -3.11. The Morgan fingerprint density at radius 2 is 1.87 bits per heavy atom. The lowest BCUT2D eigenvalue weighted by Gasteiger charge is -2.24. The number of carbonyl (C=O) groups is 1. The van der Waals surface area contributed by atoms with Crippen LogP contribution in [0.25, 0.3) is 0 Å². The first-order valence-corrected chi connectivity index (χ1v) is 10.4. The fourth-order valence-corrected chi connectivity index (χ4v) is 4.26. The summed E-state index contributed by atoms with van der Waals surface area (Å²) in [5.41, 5.74) is 2.18. The number of quaternary nitrogens is 1. The number of amides is 1. The van der Waals surface area contributed by atoms with Gasteiger partial charge in [0.1, 0.15) is 19.3 Å². The smallest absolute Gasteiger partial charge is 0.275 e. The highest BCUT2D eigenvalue weighted by Crippen LogP contribution is 2.33. The van der Waals surface area contributed by atoms with Crippen molar-refractivity contribution < 1.29 is 28.6 Å². The maximum absolute atomic E-state index is 12.6. The van der Waals surface area contributed by atoms with E-state index in [1.165, 1.54) is 10.5 Å². The van der Waals surface area contributed by atoms with E-state index in [9.17, 15) is 4.79 Å². The van der Waals surface area contributed by atoms with Crippen molar-refractivity contribution >= 4 is 5.91 Å². The molecule has 1 fully saturated rings. The van der Waals surface area contributed by atoms with Gasteiger partial charge in [0.15, 0.2) is 29.5 Å². The number of benzene rings is 2. The highest BCUT2D eigenvalue weighted by Gasteiger charge is 2.32. The van der Waals surface area contributed by atoms with E-state index in [2.05, 4.69) is 17.4 Å². The van der Waals surface area contributed by atoms with Crippen molar-refractivity contribution in [1.82, 2.24) is 5.32 Å². The lowest BCUT2D eigenvalue weighted by molar-refractivity contribution is -0.910. The highest BCUT2D eigenvalue weighted by molar-refractivity contribution is 5.76. The van der Waals surface area contributed by atoms with Gasteiger partial charge in [-0.05, 0) is 35.9 Å². The van der Waals surface area contributed by atoms with Crippen LogP contribution in [0.2, 0.25) is 0 Å². The molecule has 2 N–H and O–H groups in total. The SMILES string of the molecule is COc1ccc(CNC(=O)C[NH+]2CCC[C@H]2c2ccc3c(c2)OCCO3)cc1OC. The van der Waals surface area contributed by atoms with Crippen LogP contribution in [0.4, 0.5) is 0 Å². The summed E-state index contributed by atoms with van der Waals surface area (Å²) in [7, 11) is 3.21. The topological polar surface area (TPSA) is 70.5 Å². The molecule has 2 aliphatic heterocycles. The van der Waals surface area contributed by atoms with Crippen molar-refractivity contribution in [2.75, 3.05) is 40.5 Å². The van der Waals surface area contributed by atoms with Crippen molar-refractivity contribution in [3.05, 3.63) is 47.5 Å². The van der Waals surface area contributed by atoms with E-state index in [0.29, 0.717) is 43.8 Å². The molecule has 0 radical (unpaired) electrons. The van der Waals surface area contributed by atoms with Crippen molar-refractivity contribution in [3.63, 3.8) is 0 Å². The lowest BCUT2D eigenvalue weighted by atomic mass is 10.0. The summed E-state index contributed by atoms with van der Waals surface area (Å²) in [6, 6.07) is 12.1. The van der Waals surface area contributed by atoms with E-state index in [4.69, 9.17) is 18.9 Å². The summed E-state index contributed by atoms with van der Waals surface area (Å²) in [4.78, 5) is 13.9. The average Bonchev–Trinajstić information content (AvgIpc) is 3.25. The first-order chi connectivity index (χ1) is 14.7. The van der Waals surface area contributed by atoms with Crippen LogP contribution in [-0.2, 0) is 11.3 Å². The minimum absolute atomic E-state index is 0.0456. The second kappa shape index (κ2) is 9.26. The summed E-state index contributed by atoms with van der Waals surface area (Å²) in [6.45, 7) is 3.07. The Balaban J connectivity index is 1.36. The molecule has 2 aromatic rings. The van der Waals surface area contributed by atoms with E-state index in [1.807, 2.05) is 24.3 Å². The largest absolute Gasteiger partial charge is 0.493 e. The van der Waals surface area contributed by atoms with Gasteiger partial charge in [-0.15, -0.1) is 0 Å². The zero-order chi connectivity index (χ0) is 20.9. The maximum Gasteiger partial charge on any atom is 0.275 e. The highest BCUT2D eigenvalue weighted by atomic mass is 16.6. The Kier molecular flexibility index (Phi) is 6.28. The first-order valence-electron chi connectivity index (χ1n) is 10.4. The second-order valence-corrected chi connectivity index (χ2v) is 7.65. The predicted molar refractivity (Wildman–Crippen MR) is 111 cm³/mol. The van der Waals surface area contributed by atoms with Gasteiger partial charge in [-0.25, -0.2) is 0 Å². The van der Waals surface area contributed by atoms with Gasteiger partial charge in [-0.2, -0.15) is 0 Å². The summed E-state index contributed by atoms with van der Waals surface area (Å²) in [5, 5.41) is 3.04. The predicted octanol–water partition coefficient (Wildman–Crippen LogP) is 1.51. The van der Waals surface area contributed by atoms with Crippen LogP contribution in [0.15, 0.2) is 36.4 Å². The normalized spacial score (nSPS) is 19.9. The van der Waals surface area contributed by atoms with Crippen LogP contribution in [0.5, 0.6) is 23.0 Å². The number of nitrogens with one attached hydrogen (secondary N) is 2. The number of methoxy groups -OCH3 is 2. The van der Waals surface area contributed by atoms with Crippen molar-refractivity contribution in [2.24, 2.45) is 0 Å². The zero-order valence-corrected chi connectivity index (χ0v) is 17.5. The summed E-state index contributed by atoms with van der Waals surface area (Å²) < 4.78 is 21.9. The van der Waals surface area contributed by atoms with Gasteiger partial charge >= 0.3 is 0 Å². The van der Waals surface area contributed by atoms with E-state index >= 15 is 0 Å². The molecule has 2 aromatic carbocycles. The molecule has 4 rings (SSSR count). The number of carbonyl (C=O) groups excluding carboxylic acids is 1. The van der Waals surface area contributed by atoms with Gasteiger partial charge in [0, 0.05) is 24.9 Å². The third kappa shape index (κ3) is 4.46. The van der Waals surface area contributed by atoms with Crippen molar-refractivity contribution in [1.29, 1.82) is 0 Å². The van der Waals surface area contributed by atoms with E-state index in [0.717, 1.165) is 36.4 Å². The average molecular weight is 413 g/mol. The minimum Gasteiger partial charge on any atom is -0.493 e. The fraction of sp³-hybridized carbons (Fsp3) is 0.435. The van der Waals surface area contributed by atoms with Crippen LogP contribution in [-0.4, -0.2) is 46.4 Å². The number of ether oxygens (including phenoxy) is 4. The molecule has 1 unspecified atom stereocenters. The Morgan fingerprint density at radius 3 is 2.67 bits per heavy atom. The maximum atomic E-state index is 12.6. The molecule has 1 amide bonds. The molecule has 0 aromatic heterocycles. The van der Waals surface area contributed by atoms with Crippen LogP contribution in [0, 0.1) is 0 Å². The molecule has 2 atom stereocenters. The number of likely N-dealkylation sites (tertiary alicyclic amines) is 1. The minimum atomic E-state index is 0.0456. The van der Waals surface area contributed by atoms with Gasteiger partial charge in [-0.3, -0.25) is 4.79 Å². The molecule has 2 heterocycles. The third-order valence-electron chi connectivity index (χ3n) is 5.78. The number of fused-ring (bicyclic) bond motifs is 1. The molecular formula is C23H29N2O5+. The molecule has 1 saturated heterocycles. The quantitative estimate of drug-likeness (QED) is 0.720. The summed E-state index contributed by atoms with van der Waals surface area (Å²) >= 11 is 0. The standard InChI is InChI=1S/C23H28N2O5/c1-27-19-7-5-16(12-21(19)28-2)14-24-23(26)15-25-9-3-4-18(25)17-6-8-20-22(13-17)30-11-10-29-20/h5-8,12-13,18H,3-4,9-11,14-15H2,1-2H3,(H,24,26)/p+1/t18-/m0/s1. The van der Waals surface area contributed by atoms with Gasteiger partial charge in [-0.1, -0.05) is 6.07 Å². The molecule has 0 bridgehead atoms. The van der Waals surface area contributed by atoms with E-state index in [1.54, 1.807) is 14.2 Å². The summed E-state index contributed by atoms with van der Waals surface area (Å²) in [6.07, 6.45) is 2.18. The monoisotopic (exact) mass is 413 g/mol. The van der Waals surface area contributed by atoms with Crippen molar-refractivity contribution in [2.45, 2.75) is 25.4 Å². The Bertz CT molecular complexity index is 901.